The van der Waals surface area contributed by atoms with E-state index in [1.165, 1.54) is 12.1 Å². The summed E-state index contributed by atoms with van der Waals surface area (Å²) in [5, 5.41) is 0. The normalized spacial score (nSPS) is 11.2. The highest BCUT2D eigenvalue weighted by Gasteiger charge is 2.14. The smallest absolute Gasteiger partial charge is 0.129 e. The maximum Gasteiger partial charge on any atom is 0.129 e. The molecule has 0 bridgehead atoms. The molecular weight excluding hydrogens is 504 g/mol. The number of imidazole rings is 1. The van der Waals surface area contributed by atoms with Crippen LogP contribution in [0.5, 0.6) is 0 Å². The number of halogens is 4. The monoisotopic (exact) mass is 512 g/mol. The molecule has 0 radical (unpaired) electrons. The first kappa shape index (κ1) is 14.5. The van der Waals surface area contributed by atoms with Crippen molar-refractivity contribution < 1.29 is 4.39 Å². The van der Waals surface area contributed by atoms with Crippen molar-refractivity contribution in [2.24, 2.45) is 0 Å². The first-order chi connectivity index (χ1) is 9.60. The van der Waals surface area contributed by atoms with E-state index in [1.54, 1.807) is 6.07 Å². The van der Waals surface area contributed by atoms with Gasteiger partial charge in [-0.1, -0.05) is 0 Å². The molecule has 0 atom stereocenters. The highest BCUT2D eigenvalue weighted by Crippen LogP contribution is 2.27. The Balaban J connectivity index is 2.34. The lowest BCUT2D eigenvalue weighted by molar-refractivity contribution is 0.626. The Bertz CT molecular complexity index is 801. The molecule has 102 valence electrons. The van der Waals surface area contributed by atoms with Crippen LogP contribution in [0.25, 0.3) is 16.7 Å². The van der Waals surface area contributed by atoms with E-state index in [2.05, 4.69) is 50.2 Å². The number of hydrogen-bond donors (Lipinski definition) is 0. The van der Waals surface area contributed by atoms with Crippen molar-refractivity contribution in [1.29, 1.82) is 0 Å². The van der Waals surface area contributed by atoms with Crippen molar-refractivity contribution in [2.45, 2.75) is 5.88 Å². The number of benzene rings is 2. The molecule has 0 saturated carbocycles. The molecule has 0 amide bonds. The second-order valence-corrected chi connectivity index (χ2v) is 6.90. The Hall–Kier alpha value is -0.410. The van der Waals surface area contributed by atoms with Gasteiger partial charge in [0, 0.05) is 7.14 Å². The SMILES string of the molecule is Fc1ccc(-n2c(CCl)nc3cc(I)ccc32)c(I)c1. The molecule has 1 heterocycles. The third-order valence-electron chi connectivity index (χ3n) is 2.96. The van der Waals surface area contributed by atoms with Crippen molar-refractivity contribution >= 4 is 67.8 Å². The zero-order chi connectivity index (χ0) is 14.3. The summed E-state index contributed by atoms with van der Waals surface area (Å²) in [4.78, 5) is 4.56. The van der Waals surface area contributed by atoms with E-state index in [9.17, 15) is 4.39 Å². The minimum atomic E-state index is -0.246. The standard InChI is InChI=1S/C14H8ClFI2N2/c15-7-14-19-11-6-9(17)2-4-13(11)20(14)12-3-1-8(16)5-10(12)18/h1-6H,7H2. The lowest BCUT2D eigenvalue weighted by atomic mass is 10.2. The van der Waals surface area contributed by atoms with Gasteiger partial charge in [0.25, 0.3) is 0 Å². The van der Waals surface area contributed by atoms with E-state index < -0.39 is 0 Å². The van der Waals surface area contributed by atoms with Crippen LogP contribution in [-0.2, 0) is 5.88 Å². The lowest BCUT2D eigenvalue weighted by Gasteiger charge is -2.10. The number of rotatable bonds is 2. The number of hydrogen-bond acceptors (Lipinski definition) is 1. The minimum absolute atomic E-state index is 0.246. The predicted octanol–water partition coefficient (Wildman–Crippen LogP) is 5.11. The van der Waals surface area contributed by atoms with Crippen LogP contribution in [0, 0.1) is 13.0 Å². The van der Waals surface area contributed by atoms with Gasteiger partial charge in [-0.15, -0.1) is 11.6 Å². The van der Waals surface area contributed by atoms with Crippen molar-refractivity contribution in [3.63, 3.8) is 0 Å². The van der Waals surface area contributed by atoms with Gasteiger partial charge in [-0.25, -0.2) is 9.37 Å². The second kappa shape index (κ2) is 5.76. The maximum atomic E-state index is 13.3. The summed E-state index contributed by atoms with van der Waals surface area (Å²) in [7, 11) is 0. The van der Waals surface area contributed by atoms with E-state index in [0.29, 0.717) is 5.88 Å². The third kappa shape index (κ3) is 2.55. The van der Waals surface area contributed by atoms with Crippen LogP contribution in [0.4, 0.5) is 4.39 Å². The van der Waals surface area contributed by atoms with Gasteiger partial charge in [0.1, 0.15) is 11.6 Å². The number of fused-ring (bicyclic) bond motifs is 1. The van der Waals surface area contributed by atoms with Crippen molar-refractivity contribution in [1.82, 2.24) is 9.55 Å². The molecule has 3 aromatic rings. The van der Waals surface area contributed by atoms with Crippen LogP contribution in [0.3, 0.4) is 0 Å². The molecule has 0 spiro atoms. The van der Waals surface area contributed by atoms with Gasteiger partial charge in [-0.05, 0) is 81.6 Å². The van der Waals surface area contributed by atoms with Gasteiger partial charge in [-0.3, -0.25) is 4.57 Å². The summed E-state index contributed by atoms with van der Waals surface area (Å²) in [6, 6.07) is 10.8. The Morgan fingerprint density at radius 1 is 1.15 bits per heavy atom. The first-order valence-electron chi connectivity index (χ1n) is 5.78. The van der Waals surface area contributed by atoms with E-state index in [4.69, 9.17) is 11.6 Å². The molecule has 3 rings (SSSR count). The number of alkyl halides is 1. The largest absolute Gasteiger partial charge is 0.294 e. The summed E-state index contributed by atoms with van der Waals surface area (Å²) in [6.45, 7) is 0. The fourth-order valence-corrected chi connectivity index (χ4v) is 3.50. The molecule has 0 fully saturated rings. The molecule has 0 unspecified atom stereocenters. The van der Waals surface area contributed by atoms with Gasteiger partial charge in [-0.2, -0.15) is 0 Å². The fourth-order valence-electron chi connectivity index (χ4n) is 2.12. The zero-order valence-corrected chi connectivity index (χ0v) is 15.1. The molecule has 0 aliphatic carbocycles. The van der Waals surface area contributed by atoms with Gasteiger partial charge in [0.15, 0.2) is 0 Å². The molecule has 2 nitrogen and oxygen atoms in total. The Morgan fingerprint density at radius 3 is 2.65 bits per heavy atom. The molecule has 0 saturated heterocycles. The van der Waals surface area contributed by atoms with E-state index in [1.807, 2.05) is 22.8 Å². The summed E-state index contributed by atoms with van der Waals surface area (Å²) in [5.41, 5.74) is 2.77. The Morgan fingerprint density at radius 2 is 1.95 bits per heavy atom. The van der Waals surface area contributed by atoms with Gasteiger partial charge in [0.05, 0.1) is 22.6 Å². The quantitative estimate of drug-likeness (QED) is 0.345. The van der Waals surface area contributed by atoms with Gasteiger partial charge < -0.3 is 0 Å². The lowest BCUT2D eigenvalue weighted by Crippen LogP contribution is -2.02. The molecule has 1 aromatic heterocycles. The van der Waals surface area contributed by atoms with Gasteiger partial charge in [0.2, 0.25) is 0 Å². The van der Waals surface area contributed by atoms with Crippen molar-refractivity contribution in [3.05, 3.63) is 55.2 Å². The number of nitrogens with zero attached hydrogens (tertiary/aromatic N) is 2. The minimum Gasteiger partial charge on any atom is -0.294 e. The summed E-state index contributed by atoms with van der Waals surface area (Å²) >= 11 is 10.4. The maximum absolute atomic E-state index is 13.3. The molecule has 2 aromatic carbocycles. The van der Waals surface area contributed by atoms with Crippen LogP contribution in [-0.4, -0.2) is 9.55 Å². The predicted molar refractivity (Wildman–Crippen MR) is 96.0 cm³/mol. The topological polar surface area (TPSA) is 17.8 Å². The van der Waals surface area contributed by atoms with Crippen molar-refractivity contribution in [2.75, 3.05) is 0 Å². The van der Waals surface area contributed by atoms with Crippen molar-refractivity contribution in [3.8, 4) is 5.69 Å². The molecule has 6 heteroatoms. The summed E-state index contributed by atoms with van der Waals surface area (Å²) in [6.07, 6.45) is 0. The molecular formula is C14H8ClFI2N2. The number of aromatic nitrogens is 2. The van der Waals surface area contributed by atoms with Crippen LogP contribution in [0.15, 0.2) is 36.4 Å². The molecule has 20 heavy (non-hydrogen) atoms. The Labute approximate surface area is 147 Å². The van der Waals surface area contributed by atoms with E-state index in [-0.39, 0.29) is 5.82 Å². The highest BCUT2D eigenvalue weighted by atomic mass is 127. The van der Waals surface area contributed by atoms with Crippen LogP contribution >= 0.6 is 56.8 Å². The fraction of sp³-hybridized carbons (Fsp3) is 0.0714. The summed E-state index contributed by atoms with van der Waals surface area (Å²) < 4.78 is 17.2. The summed E-state index contributed by atoms with van der Waals surface area (Å²) in [5.74, 6) is 0.816. The first-order valence-corrected chi connectivity index (χ1v) is 8.47. The molecule has 0 aliphatic rings. The van der Waals surface area contributed by atoms with Crippen LogP contribution in [0.2, 0.25) is 0 Å². The highest BCUT2D eigenvalue weighted by molar-refractivity contribution is 14.1. The molecule has 0 N–H and O–H groups in total. The Kier molecular flexibility index (Phi) is 4.19. The van der Waals surface area contributed by atoms with E-state index in [0.717, 1.165) is 29.7 Å². The van der Waals surface area contributed by atoms with Crippen LogP contribution in [0.1, 0.15) is 5.82 Å². The third-order valence-corrected chi connectivity index (χ3v) is 4.73. The van der Waals surface area contributed by atoms with E-state index >= 15 is 0 Å². The second-order valence-electron chi connectivity index (χ2n) is 4.23. The van der Waals surface area contributed by atoms with Crippen LogP contribution < -0.4 is 0 Å². The zero-order valence-electron chi connectivity index (χ0n) is 10.1. The molecule has 0 aliphatic heterocycles. The van der Waals surface area contributed by atoms with Gasteiger partial charge >= 0.3 is 0 Å². The average Bonchev–Trinajstić information content (AvgIpc) is 2.76. The average molecular weight is 512 g/mol.